The summed E-state index contributed by atoms with van der Waals surface area (Å²) < 4.78 is 0. The Balaban J connectivity index is 2.50. The molecule has 0 bridgehead atoms. The van der Waals surface area contributed by atoms with Crippen molar-refractivity contribution in [3.05, 3.63) is 0 Å². The Kier molecular flexibility index (Phi) is 3.96. The predicted octanol–water partition coefficient (Wildman–Crippen LogP) is 2.13. The minimum absolute atomic E-state index is 0.0748. The SMILES string of the molecule is CCC(CC)(CO)N1CC(C(C)C)C1. The highest BCUT2D eigenvalue weighted by atomic mass is 16.3. The van der Waals surface area contributed by atoms with Gasteiger partial charge >= 0.3 is 0 Å². The summed E-state index contributed by atoms with van der Waals surface area (Å²) in [7, 11) is 0. The summed E-state index contributed by atoms with van der Waals surface area (Å²) in [5.74, 6) is 1.63. The van der Waals surface area contributed by atoms with Gasteiger partial charge in [0.2, 0.25) is 0 Å². The summed E-state index contributed by atoms with van der Waals surface area (Å²) in [5.41, 5.74) is 0.0748. The average Bonchev–Trinajstić information content (AvgIpc) is 2.10. The quantitative estimate of drug-likeness (QED) is 0.733. The van der Waals surface area contributed by atoms with Crippen LogP contribution in [0.1, 0.15) is 40.5 Å². The van der Waals surface area contributed by atoms with Crippen LogP contribution in [0.4, 0.5) is 0 Å². The third-order valence-corrected chi connectivity index (χ3v) is 4.13. The highest BCUT2D eigenvalue weighted by Gasteiger charge is 2.41. The van der Waals surface area contributed by atoms with Crippen molar-refractivity contribution >= 4 is 0 Å². The molecule has 0 aliphatic carbocycles. The maximum atomic E-state index is 9.50. The number of likely N-dealkylation sites (tertiary alicyclic amines) is 1. The zero-order valence-electron chi connectivity index (χ0n) is 10.1. The van der Waals surface area contributed by atoms with E-state index in [1.165, 1.54) is 13.1 Å². The average molecular weight is 199 g/mol. The Morgan fingerprint density at radius 3 is 2.07 bits per heavy atom. The van der Waals surface area contributed by atoms with Gasteiger partial charge < -0.3 is 5.11 Å². The van der Waals surface area contributed by atoms with Crippen LogP contribution >= 0.6 is 0 Å². The lowest BCUT2D eigenvalue weighted by atomic mass is 9.81. The molecule has 0 aromatic heterocycles. The molecule has 1 heterocycles. The van der Waals surface area contributed by atoms with E-state index in [4.69, 9.17) is 0 Å². The zero-order valence-corrected chi connectivity index (χ0v) is 10.1. The summed E-state index contributed by atoms with van der Waals surface area (Å²) in [4.78, 5) is 2.47. The highest BCUT2D eigenvalue weighted by molar-refractivity contribution is 4.96. The third kappa shape index (κ3) is 1.96. The standard InChI is InChI=1S/C12H25NO/c1-5-12(6-2,9-14)13-7-11(8-13)10(3)4/h10-11,14H,5-9H2,1-4H3. The molecule has 84 valence electrons. The third-order valence-electron chi connectivity index (χ3n) is 4.13. The molecular formula is C12H25NO. The number of aliphatic hydroxyl groups excluding tert-OH is 1. The Labute approximate surface area is 88.3 Å². The van der Waals surface area contributed by atoms with E-state index in [1.54, 1.807) is 0 Å². The topological polar surface area (TPSA) is 23.5 Å². The minimum atomic E-state index is 0.0748. The first kappa shape index (κ1) is 12.0. The van der Waals surface area contributed by atoms with Gasteiger partial charge in [-0.1, -0.05) is 27.7 Å². The second kappa shape index (κ2) is 4.63. The van der Waals surface area contributed by atoms with Crippen LogP contribution in [0.3, 0.4) is 0 Å². The van der Waals surface area contributed by atoms with E-state index < -0.39 is 0 Å². The van der Waals surface area contributed by atoms with Gasteiger partial charge in [0.25, 0.3) is 0 Å². The van der Waals surface area contributed by atoms with Gasteiger partial charge in [-0.25, -0.2) is 0 Å². The fourth-order valence-corrected chi connectivity index (χ4v) is 2.34. The Morgan fingerprint density at radius 1 is 1.29 bits per heavy atom. The minimum Gasteiger partial charge on any atom is -0.394 e. The number of rotatable bonds is 5. The van der Waals surface area contributed by atoms with Gasteiger partial charge in [0.15, 0.2) is 0 Å². The van der Waals surface area contributed by atoms with E-state index in [9.17, 15) is 5.11 Å². The molecule has 14 heavy (non-hydrogen) atoms. The first-order valence-corrected chi connectivity index (χ1v) is 5.95. The molecule has 0 aromatic carbocycles. The van der Waals surface area contributed by atoms with Crippen molar-refractivity contribution < 1.29 is 5.11 Å². The summed E-state index contributed by atoms with van der Waals surface area (Å²) in [5, 5.41) is 9.50. The zero-order chi connectivity index (χ0) is 10.8. The molecule has 0 aromatic rings. The molecule has 1 aliphatic rings. The largest absolute Gasteiger partial charge is 0.394 e. The van der Waals surface area contributed by atoms with Crippen molar-refractivity contribution in [1.29, 1.82) is 0 Å². The number of hydrogen-bond donors (Lipinski definition) is 1. The molecule has 1 N–H and O–H groups in total. The van der Waals surface area contributed by atoms with Crippen LogP contribution < -0.4 is 0 Å². The van der Waals surface area contributed by atoms with Crippen molar-refractivity contribution in [2.45, 2.75) is 46.1 Å². The van der Waals surface area contributed by atoms with E-state index in [0.717, 1.165) is 24.7 Å². The Morgan fingerprint density at radius 2 is 1.79 bits per heavy atom. The van der Waals surface area contributed by atoms with Crippen molar-refractivity contribution in [3.8, 4) is 0 Å². The van der Waals surface area contributed by atoms with Crippen LogP contribution in [0.25, 0.3) is 0 Å². The Bertz CT molecular complexity index is 161. The molecule has 1 fully saturated rings. The van der Waals surface area contributed by atoms with E-state index >= 15 is 0 Å². The van der Waals surface area contributed by atoms with Crippen molar-refractivity contribution in [2.75, 3.05) is 19.7 Å². The summed E-state index contributed by atoms with van der Waals surface area (Å²) >= 11 is 0. The molecule has 2 heteroatoms. The molecule has 0 unspecified atom stereocenters. The van der Waals surface area contributed by atoms with Gasteiger partial charge in [0.05, 0.1) is 6.61 Å². The summed E-state index contributed by atoms with van der Waals surface area (Å²) in [6, 6.07) is 0. The second-order valence-corrected chi connectivity index (χ2v) is 5.00. The monoisotopic (exact) mass is 199 g/mol. The van der Waals surface area contributed by atoms with Crippen molar-refractivity contribution in [3.63, 3.8) is 0 Å². The van der Waals surface area contributed by atoms with Crippen molar-refractivity contribution in [1.82, 2.24) is 4.90 Å². The van der Waals surface area contributed by atoms with Gasteiger partial charge in [0.1, 0.15) is 0 Å². The molecule has 1 saturated heterocycles. The second-order valence-electron chi connectivity index (χ2n) is 5.00. The van der Waals surface area contributed by atoms with Crippen LogP contribution in [-0.4, -0.2) is 35.2 Å². The van der Waals surface area contributed by atoms with Gasteiger partial charge in [-0.3, -0.25) is 4.90 Å². The van der Waals surface area contributed by atoms with Crippen LogP contribution in [0.5, 0.6) is 0 Å². The highest BCUT2D eigenvalue weighted by Crippen LogP contribution is 2.34. The molecule has 1 aliphatic heterocycles. The molecule has 0 saturated carbocycles. The number of nitrogens with zero attached hydrogens (tertiary/aromatic N) is 1. The van der Waals surface area contributed by atoms with Gasteiger partial charge in [-0.15, -0.1) is 0 Å². The fourth-order valence-electron chi connectivity index (χ4n) is 2.34. The van der Waals surface area contributed by atoms with Crippen molar-refractivity contribution in [2.24, 2.45) is 11.8 Å². The lowest BCUT2D eigenvalue weighted by molar-refractivity contribution is -0.0637. The molecule has 2 nitrogen and oxygen atoms in total. The fraction of sp³-hybridized carbons (Fsp3) is 1.00. The maximum Gasteiger partial charge on any atom is 0.0615 e. The van der Waals surface area contributed by atoms with E-state index in [-0.39, 0.29) is 5.54 Å². The number of aliphatic hydroxyl groups is 1. The molecule has 0 atom stereocenters. The molecule has 0 amide bonds. The van der Waals surface area contributed by atoms with E-state index in [0.29, 0.717) is 6.61 Å². The maximum absolute atomic E-state index is 9.50. The lowest BCUT2D eigenvalue weighted by Gasteiger charge is -2.52. The lowest BCUT2D eigenvalue weighted by Crippen LogP contribution is -2.62. The normalized spacial score (nSPS) is 20.1. The van der Waals surface area contributed by atoms with Gasteiger partial charge in [-0.2, -0.15) is 0 Å². The molecule has 0 radical (unpaired) electrons. The summed E-state index contributed by atoms with van der Waals surface area (Å²) in [6.07, 6.45) is 2.12. The molecule has 0 spiro atoms. The van der Waals surface area contributed by atoms with Gasteiger partial charge in [-0.05, 0) is 24.7 Å². The van der Waals surface area contributed by atoms with Crippen LogP contribution in [-0.2, 0) is 0 Å². The molecule has 1 rings (SSSR count). The van der Waals surface area contributed by atoms with Crippen LogP contribution in [0.2, 0.25) is 0 Å². The van der Waals surface area contributed by atoms with Crippen LogP contribution in [0, 0.1) is 11.8 Å². The Hall–Kier alpha value is -0.0800. The van der Waals surface area contributed by atoms with E-state index in [1.807, 2.05) is 0 Å². The summed E-state index contributed by atoms with van der Waals surface area (Å²) in [6.45, 7) is 11.6. The smallest absolute Gasteiger partial charge is 0.0615 e. The van der Waals surface area contributed by atoms with Crippen LogP contribution in [0.15, 0.2) is 0 Å². The van der Waals surface area contributed by atoms with Gasteiger partial charge in [0, 0.05) is 18.6 Å². The first-order chi connectivity index (χ1) is 6.59. The number of hydrogen-bond acceptors (Lipinski definition) is 2. The van der Waals surface area contributed by atoms with E-state index in [2.05, 4.69) is 32.6 Å². The predicted molar refractivity (Wildman–Crippen MR) is 60.3 cm³/mol. The first-order valence-electron chi connectivity index (χ1n) is 5.95. The molecular weight excluding hydrogens is 174 g/mol.